The normalized spacial score (nSPS) is 10.4. The van der Waals surface area contributed by atoms with Crippen molar-refractivity contribution in [3.8, 4) is 5.75 Å². The average Bonchev–Trinajstić information content (AvgIpc) is 2.38. The van der Waals surface area contributed by atoms with Gasteiger partial charge in [0.1, 0.15) is 12.4 Å². The molecule has 20 heavy (non-hydrogen) atoms. The van der Waals surface area contributed by atoms with Crippen LogP contribution in [0.25, 0.3) is 0 Å². The summed E-state index contributed by atoms with van der Waals surface area (Å²) in [6, 6.07) is 10.1. The van der Waals surface area contributed by atoms with E-state index in [4.69, 9.17) is 39.5 Å². The summed E-state index contributed by atoms with van der Waals surface area (Å²) in [7, 11) is 0. The van der Waals surface area contributed by atoms with Crippen LogP contribution in [0.4, 0.5) is 0 Å². The third-order valence-electron chi connectivity index (χ3n) is 2.74. The first-order valence-electron chi connectivity index (χ1n) is 5.84. The van der Waals surface area contributed by atoms with Gasteiger partial charge in [0.25, 0.3) is 0 Å². The van der Waals surface area contributed by atoms with Gasteiger partial charge in [-0.3, -0.25) is 4.79 Å². The van der Waals surface area contributed by atoms with E-state index in [1.165, 1.54) is 6.92 Å². The molecule has 104 valence electrons. The number of hydrogen-bond donors (Lipinski definition) is 0. The molecule has 2 aromatic rings. The largest absolute Gasteiger partial charge is 0.487 e. The monoisotopic (exact) mass is 328 g/mol. The lowest BCUT2D eigenvalue weighted by atomic mass is 10.1. The van der Waals surface area contributed by atoms with Crippen LogP contribution in [0, 0.1) is 0 Å². The van der Waals surface area contributed by atoms with Crippen LogP contribution < -0.4 is 4.74 Å². The highest BCUT2D eigenvalue weighted by Crippen LogP contribution is 2.28. The van der Waals surface area contributed by atoms with Crippen molar-refractivity contribution in [1.29, 1.82) is 0 Å². The Bertz CT molecular complexity index is 654. The van der Waals surface area contributed by atoms with Crippen molar-refractivity contribution < 1.29 is 9.53 Å². The maximum atomic E-state index is 11.2. The van der Waals surface area contributed by atoms with Gasteiger partial charge in [0.2, 0.25) is 0 Å². The molecule has 0 aromatic heterocycles. The first-order valence-corrected chi connectivity index (χ1v) is 6.98. The molecule has 2 rings (SSSR count). The highest BCUT2D eigenvalue weighted by atomic mass is 35.5. The first-order chi connectivity index (χ1) is 9.47. The molecule has 0 bridgehead atoms. The number of rotatable bonds is 4. The molecular formula is C15H11Cl3O2. The van der Waals surface area contributed by atoms with E-state index in [0.29, 0.717) is 26.4 Å². The third-order valence-corrected chi connectivity index (χ3v) is 3.62. The van der Waals surface area contributed by atoms with Crippen LogP contribution in [-0.2, 0) is 6.61 Å². The Morgan fingerprint density at radius 3 is 2.40 bits per heavy atom. The second-order valence-electron chi connectivity index (χ2n) is 4.23. The van der Waals surface area contributed by atoms with E-state index in [2.05, 4.69) is 0 Å². The lowest BCUT2D eigenvalue weighted by Crippen LogP contribution is -1.98. The quantitative estimate of drug-likeness (QED) is 0.699. The molecule has 0 atom stereocenters. The van der Waals surface area contributed by atoms with Gasteiger partial charge in [0.15, 0.2) is 5.78 Å². The van der Waals surface area contributed by atoms with Crippen LogP contribution in [0.3, 0.4) is 0 Å². The highest BCUT2D eigenvalue weighted by Gasteiger charge is 2.08. The molecule has 2 aromatic carbocycles. The predicted molar refractivity (Wildman–Crippen MR) is 82.3 cm³/mol. The van der Waals surface area contributed by atoms with Gasteiger partial charge in [-0.15, -0.1) is 0 Å². The summed E-state index contributed by atoms with van der Waals surface area (Å²) in [5, 5.41) is 1.50. The van der Waals surface area contributed by atoms with Crippen molar-refractivity contribution in [1.82, 2.24) is 0 Å². The zero-order chi connectivity index (χ0) is 14.7. The molecule has 0 aliphatic carbocycles. The number of carbonyl (C=O) groups excluding carboxylic acids is 1. The lowest BCUT2D eigenvalue weighted by molar-refractivity contribution is 0.101. The molecule has 0 unspecified atom stereocenters. The van der Waals surface area contributed by atoms with Gasteiger partial charge in [-0.1, -0.05) is 40.9 Å². The number of Topliss-reactive ketones (excluding diaryl/α,β-unsaturated/α-hetero) is 1. The van der Waals surface area contributed by atoms with E-state index in [-0.39, 0.29) is 12.4 Å². The predicted octanol–water partition coefficient (Wildman–Crippen LogP) is 5.43. The van der Waals surface area contributed by atoms with E-state index in [9.17, 15) is 4.79 Å². The summed E-state index contributed by atoms with van der Waals surface area (Å²) in [5.41, 5.74) is 1.36. The van der Waals surface area contributed by atoms with E-state index in [1.807, 2.05) is 0 Å². The summed E-state index contributed by atoms with van der Waals surface area (Å²) in [4.78, 5) is 11.2. The zero-order valence-corrected chi connectivity index (χ0v) is 12.9. The maximum absolute atomic E-state index is 11.2. The van der Waals surface area contributed by atoms with Crippen LogP contribution in [-0.4, -0.2) is 5.78 Å². The number of hydrogen-bond acceptors (Lipinski definition) is 2. The zero-order valence-electron chi connectivity index (χ0n) is 10.6. The second-order valence-corrected chi connectivity index (χ2v) is 5.48. The van der Waals surface area contributed by atoms with Gasteiger partial charge in [-0.05, 0) is 37.3 Å². The number of ketones is 1. The number of benzene rings is 2. The maximum Gasteiger partial charge on any atom is 0.159 e. The second kappa shape index (κ2) is 6.49. The van der Waals surface area contributed by atoms with E-state index in [1.54, 1.807) is 36.4 Å². The van der Waals surface area contributed by atoms with Crippen LogP contribution in [0.15, 0.2) is 36.4 Å². The van der Waals surface area contributed by atoms with Crippen LogP contribution in [0.5, 0.6) is 5.75 Å². The molecule has 0 spiro atoms. The Morgan fingerprint density at radius 1 is 1.05 bits per heavy atom. The number of carbonyl (C=O) groups is 1. The Hall–Kier alpha value is -1.22. The summed E-state index contributed by atoms with van der Waals surface area (Å²) in [5.74, 6) is 0.460. The smallest absolute Gasteiger partial charge is 0.159 e. The van der Waals surface area contributed by atoms with Gasteiger partial charge in [0.05, 0.1) is 5.02 Å². The first kappa shape index (κ1) is 15.2. The molecule has 0 saturated heterocycles. The fourth-order valence-electron chi connectivity index (χ4n) is 1.63. The van der Waals surface area contributed by atoms with Crippen molar-refractivity contribution in [2.24, 2.45) is 0 Å². The van der Waals surface area contributed by atoms with Gasteiger partial charge in [0, 0.05) is 21.2 Å². The molecule has 2 nitrogen and oxygen atoms in total. The minimum atomic E-state index is -0.0424. The summed E-state index contributed by atoms with van der Waals surface area (Å²) < 4.78 is 5.61. The Morgan fingerprint density at radius 2 is 1.80 bits per heavy atom. The summed E-state index contributed by atoms with van der Waals surface area (Å²) in [6.45, 7) is 1.76. The van der Waals surface area contributed by atoms with Gasteiger partial charge < -0.3 is 4.74 Å². The van der Waals surface area contributed by atoms with E-state index in [0.717, 1.165) is 5.56 Å². The minimum Gasteiger partial charge on any atom is -0.487 e. The molecule has 0 aliphatic heterocycles. The van der Waals surface area contributed by atoms with Crippen molar-refractivity contribution in [3.05, 3.63) is 62.6 Å². The minimum absolute atomic E-state index is 0.0424. The highest BCUT2D eigenvalue weighted by molar-refractivity contribution is 6.35. The average molecular weight is 330 g/mol. The lowest BCUT2D eigenvalue weighted by Gasteiger charge is -2.10. The standard InChI is InChI=1S/C15H11Cl3O2/c1-9(19)10-3-5-15(14(18)6-10)20-8-11-2-4-12(16)7-13(11)17/h2-7H,8H2,1H3. The molecule has 0 amide bonds. The Balaban J connectivity index is 2.13. The van der Waals surface area contributed by atoms with Crippen molar-refractivity contribution >= 4 is 40.6 Å². The molecule has 0 heterocycles. The van der Waals surface area contributed by atoms with Crippen molar-refractivity contribution in [3.63, 3.8) is 0 Å². The SMILES string of the molecule is CC(=O)c1ccc(OCc2ccc(Cl)cc2Cl)c(Cl)c1. The molecule has 0 radical (unpaired) electrons. The topological polar surface area (TPSA) is 26.3 Å². The van der Waals surface area contributed by atoms with E-state index < -0.39 is 0 Å². The number of halogens is 3. The fraction of sp³-hybridized carbons (Fsp3) is 0.133. The van der Waals surface area contributed by atoms with Crippen molar-refractivity contribution in [2.75, 3.05) is 0 Å². The van der Waals surface area contributed by atoms with Gasteiger partial charge in [-0.25, -0.2) is 0 Å². The molecular weight excluding hydrogens is 319 g/mol. The molecule has 0 saturated carbocycles. The van der Waals surface area contributed by atoms with Crippen LogP contribution in [0.2, 0.25) is 15.1 Å². The summed E-state index contributed by atoms with van der Waals surface area (Å²) in [6.07, 6.45) is 0. The molecule has 5 heteroatoms. The Labute approximate surface area is 132 Å². The van der Waals surface area contributed by atoms with E-state index >= 15 is 0 Å². The molecule has 0 fully saturated rings. The third kappa shape index (κ3) is 3.66. The van der Waals surface area contributed by atoms with Crippen LogP contribution in [0.1, 0.15) is 22.8 Å². The number of ether oxygens (including phenoxy) is 1. The van der Waals surface area contributed by atoms with Gasteiger partial charge >= 0.3 is 0 Å². The summed E-state index contributed by atoms with van der Waals surface area (Å²) >= 11 is 18.0. The van der Waals surface area contributed by atoms with Crippen molar-refractivity contribution in [2.45, 2.75) is 13.5 Å². The van der Waals surface area contributed by atoms with Gasteiger partial charge in [-0.2, -0.15) is 0 Å². The molecule has 0 N–H and O–H groups in total. The Kier molecular flexibility index (Phi) is 4.92. The molecule has 0 aliphatic rings. The van der Waals surface area contributed by atoms with Crippen LogP contribution >= 0.6 is 34.8 Å². The fourth-order valence-corrected chi connectivity index (χ4v) is 2.33.